The van der Waals surface area contributed by atoms with E-state index in [0.717, 1.165) is 25.9 Å². The summed E-state index contributed by atoms with van der Waals surface area (Å²) in [4.78, 5) is 12.8. The Labute approximate surface area is 108 Å². The van der Waals surface area contributed by atoms with Crippen molar-refractivity contribution in [2.75, 3.05) is 13.7 Å². The van der Waals surface area contributed by atoms with E-state index in [9.17, 15) is 4.79 Å². The van der Waals surface area contributed by atoms with Crippen LogP contribution in [0.3, 0.4) is 0 Å². The summed E-state index contributed by atoms with van der Waals surface area (Å²) in [5.41, 5.74) is -0.176. The van der Waals surface area contributed by atoms with Crippen molar-refractivity contribution in [1.29, 1.82) is 0 Å². The quantitative estimate of drug-likeness (QED) is 0.667. The summed E-state index contributed by atoms with van der Waals surface area (Å²) in [6.07, 6.45) is 7.49. The molecule has 3 nitrogen and oxygen atoms in total. The van der Waals surface area contributed by atoms with E-state index >= 15 is 0 Å². The normalized spacial score (nSPS) is 56.9. The van der Waals surface area contributed by atoms with Crippen LogP contribution in [0.4, 0.5) is 0 Å². The van der Waals surface area contributed by atoms with Gasteiger partial charge in [-0.15, -0.1) is 0 Å². The van der Waals surface area contributed by atoms with Gasteiger partial charge in [0, 0.05) is 13.0 Å². The van der Waals surface area contributed by atoms with Crippen molar-refractivity contribution >= 4 is 5.78 Å². The Morgan fingerprint density at radius 2 is 2.28 bits per heavy atom. The van der Waals surface area contributed by atoms with Crippen LogP contribution >= 0.6 is 0 Å². The lowest BCUT2D eigenvalue weighted by Crippen LogP contribution is -2.59. The second kappa shape index (κ2) is 3.26. The summed E-state index contributed by atoms with van der Waals surface area (Å²) in [7, 11) is 1.70. The number of hydrogen-bond donors (Lipinski definition) is 0. The van der Waals surface area contributed by atoms with Gasteiger partial charge in [-0.05, 0) is 31.1 Å². The van der Waals surface area contributed by atoms with Gasteiger partial charge in [0.1, 0.15) is 0 Å². The number of methoxy groups -OCH3 is 1. The molecule has 98 valence electrons. The highest BCUT2D eigenvalue weighted by molar-refractivity contribution is 5.95. The molecule has 1 aliphatic heterocycles. The maximum atomic E-state index is 12.8. The first-order chi connectivity index (χ1) is 8.66. The molecule has 0 unspecified atom stereocenters. The van der Waals surface area contributed by atoms with Crippen molar-refractivity contribution in [3.05, 3.63) is 12.2 Å². The average molecular weight is 248 g/mol. The van der Waals surface area contributed by atoms with E-state index in [1.165, 1.54) is 0 Å². The topological polar surface area (TPSA) is 35.5 Å². The number of carbonyl (C=O) groups is 1. The fourth-order valence-corrected chi connectivity index (χ4v) is 5.34. The molecule has 2 saturated carbocycles. The van der Waals surface area contributed by atoms with E-state index in [0.29, 0.717) is 23.5 Å². The molecule has 0 N–H and O–H groups in total. The highest BCUT2D eigenvalue weighted by Crippen LogP contribution is 2.66. The SMILES string of the molecule is CO[C@]12OCC[C@H]1[C@H]1[C@H](C)CC[C@]13C=C[C@H]2C3=O. The van der Waals surface area contributed by atoms with E-state index in [-0.39, 0.29) is 11.3 Å². The van der Waals surface area contributed by atoms with E-state index in [2.05, 4.69) is 19.1 Å². The fourth-order valence-electron chi connectivity index (χ4n) is 5.34. The first kappa shape index (κ1) is 11.2. The van der Waals surface area contributed by atoms with Gasteiger partial charge in [-0.2, -0.15) is 0 Å². The summed E-state index contributed by atoms with van der Waals surface area (Å²) in [5, 5.41) is 0. The Hall–Kier alpha value is -0.670. The minimum Gasteiger partial charge on any atom is -0.352 e. The molecule has 1 spiro atoms. The Morgan fingerprint density at radius 1 is 1.44 bits per heavy atom. The van der Waals surface area contributed by atoms with Crippen LogP contribution in [-0.2, 0) is 14.3 Å². The van der Waals surface area contributed by atoms with Crippen molar-refractivity contribution in [2.24, 2.45) is 29.1 Å². The molecule has 18 heavy (non-hydrogen) atoms. The molecular formula is C15H20O3. The van der Waals surface area contributed by atoms with Crippen LogP contribution in [0.15, 0.2) is 12.2 Å². The van der Waals surface area contributed by atoms with Gasteiger partial charge in [0.05, 0.1) is 17.9 Å². The van der Waals surface area contributed by atoms with Gasteiger partial charge < -0.3 is 9.47 Å². The Bertz CT molecular complexity index is 443. The highest BCUT2D eigenvalue weighted by Gasteiger charge is 2.71. The van der Waals surface area contributed by atoms with E-state index < -0.39 is 5.79 Å². The molecule has 0 aromatic heterocycles. The summed E-state index contributed by atoms with van der Waals surface area (Å²) in [6, 6.07) is 0. The Balaban J connectivity index is 1.91. The van der Waals surface area contributed by atoms with Gasteiger partial charge in [0.2, 0.25) is 0 Å². The molecule has 0 amide bonds. The van der Waals surface area contributed by atoms with Crippen molar-refractivity contribution < 1.29 is 14.3 Å². The lowest BCUT2D eigenvalue weighted by Gasteiger charge is -2.49. The highest BCUT2D eigenvalue weighted by atomic mass is 16.7. The second-order valence-corrected chi connectivity index (χ2v) is 6.45. The molecule has 1 saturated heterocycles. The summed E-state index contributed by atoms with van der Waals surface area (Å²) >= 11 is 0. The Kier molecular flexibility index (Phi) is 2.02. The van der Waals surface area contributed by atoms with E-state index in [1.54, 1.807) is 7.11 Å². The maximum absolute atomic E-state index is 12.8. The zero-order valence-electron chi connectivity index (χ0n) is 11.0. The first-order valence-electron chi connectivity index (χ1n) is 7.08. The summed E-state index contributed by atoms with van der Waals surface area (Å²) in [6.45, 7) is 3.02. The molecule has 4 rings (SSSR count). The number of carbonyl (C=O) groups excluding carboxylic acids is 1. The van der Waals surface area contributed by atoms with Gasteiger partial charge in [0.15, 0.2) is 11.6 Å². The minimum atomic E-state index is -0.656. The molecule has 0 aromatic rings. The van der Waals surface area contributed by atoms with E-state index in [4.69, 9.17) is 9.47 Å². The predicted octanol–water partition coefficient (Wildman–Crippen LogP) is 2.17. The van der Waals surface area contributed by atoms with Crippen LogP contribution in [-0.4, -0.2) is 25.3 Å². The average Bonchev–Trinajstić information content (AvgIpc) is 2.99. The molecule has 2 bridgehead atoms. The number of ether oxygens (including phenoxy) is 2. The second-order valence-electron chi connectivity index (χ2n) is 6.45. The van der Waals surface area contributed by atoms with Crippen molar-refractivity contribution in [3.8, 4) is 0 Å². The van der Waals surface area contributed by atoms with Crippen LogP contribution in [0.25, 0.3) is 0 Å². The standard InChI is InChI=1S/C15H20O3/c1-9-3-6-14-7-4-11(13(14)16)15(17-2)10(12(9)14)5-8-18-15/h4,7,9-12H,3,5-6,8H2,1-2H3/t9-,10+,11+,12-,14+,15+/m1/s1. The Morgan fingerprint density at radius 3 is 3.06 bits per heavy atom. The number of Topliss-reactive ketones (excluding diaryl/α,β-unsaturated/α-hetero) is 1. The number of ketones is 1. The van der Waals surface area contributed by atoms with Crippen LogP contribution in [0.5, 0.6) is 0 Å². The van der Waals surface area contributed by atoms with Crippen molar-refractivity contribution in [2.45, 2.75) is 32.0 Å². The molecule has 0 radical (unpaired) electrons. The van der Waals surface area contributed by atoms with Gasteiger partial charge in [-0.25, -0.2) is 0 Å². The zero-order chi connectivity index (χ0) is 12.5. The third-order valence-corrected chi connectivity index (χ3v) is 6.01. The largest absolute Gasteiger partial charge is 0.352 e. The van der Waals surface area contributed by atoms with Crippen LogP contribution in [0.2, 0.25) is 0 Å². The monoisotopic (exact) mass is 248 g/mol. The molecule has 3 aliphatic carbocycles. The fraction of sp³-hybridized carbons (Fsp3) is 0.800. The molecule has 6 atom stereocenters. The number of hydrogen-bond acceptors (Lipinski definition) is 3. The van der Waals surface area contributed by atoms with Crippen LogP contribution < -0.4 is 0 Å². The van der Waals surface area contributed by atoms with Crippen LogP contribution in [0, 0.1) is 29.1 Å². The predicted molar refractivity (Wildman–Crippen MR) is 65.8 cm³/mol. The van der Waals surface area contributed by atoms with Crippen LogP contribution in [0.1, 0.15) is 26.2 Å². The van der Waals surface area contributed by atoms with Gasteiger partial charge in [-0.3, -0.25) is 4.79 Å². The number of allylic oxidation sites excluding steroid dienone is 1. The zero-order valence-corrected chi connectivity index (χ0v) is 11.0. The summed E-state index contributed by atoms with van der Waals surface area (Å²) in [5.74, 6) is 0.934. The lowest BCUT2D eigenvalue weighted by molar-refractivity contribution is -0.258. The third kappa shape index (κ3) is 0.958. The number of fused-ring (bicyclic) bond motifs is 4. The molecule has 4 aliphatic rings. The summed E-state index contributed by atoms with van der Waals surface area (Å²) < 4.78 is 11.7. The molecule has 3 fully saturated rings. The maximum Gasteiger partial charge on any atom is 0.184 e. The van der Waals surface area contributed by atoms with Gasteiger partial charge in [0.25, 0.3) is 0 Å². The minimum absolute atomic E-state index is 0.170. The molecule has 3 heteroatoms. The van der Waals surface area contributed by atoms with Crippen molar-refractivity contribution in [1.82, 2.24) is 0 Å². The molecular weight excluding hydrogens is 228 g/mol. The van der Waals surface area contributed by atoms with E-state index in [1.807, 2.05) is 0 Å². The van der Waals surface area contributed by atoms with Gasteiger partial charge >= 0.3 is 0 Å². The third-order valence-electron chi connectivity index (χ3n) is 6.01. The number of rotatable bonds is 1. The van der Waals surface area contributed by atoms with Crippen molar-refractivity contribution in [3.63, 3.8) is 0 Å². The lowest BCUT2D eigenvalue weighted by atomic mass is 9.58. The van der Waals surface area contributed by atoms with Gasteiger partial charge in [-0.1, -0.05) is 19.1 Å². The smallest absolute Gasteiger partial charge is 0.184 e. The first-order valence-corrected chi connectivity index (χ1v) is 7.08. The molecule has 1 heterocycles. The molecule has 0 aromatic carbocycles.